The summed E-state index contributed by atoms with van der Waals surface area (Å²) in [5.41, 5.74) is 10.8. The summed E-state index contributed by atoms with van der Waals surface area (Å²) < 4.78 is 0. The van der Waals surface area contributed by atoms with E-state index in [9.17, 15) is 0 Å². The standard InChI is InChI=1S/C16H27N3.4C13H18N4.C12H17N5.C12H21N3/c1-11(2)15-18-14-10-8-6-5-7-9-13(14)16(19-15)17-12(3)4;1-8(2)12-16-11-5-6-14-7-10(11)13(17-12)15-9(3)4;1-8(2)12-16-11-7-14-6-5-10(11)13(17-12)15-9(3)4;1-8(2)12-16-10-6-5-7-14-11(10)13(17-12)15-9(3)4;1-8(2)11-16-12-10(6-5-7-14-12)13(17-11)15-9(3)4;1-7(2)11-16-9-5-13-6-14-10(9)12(17-11)15-8(3)4;1-7(2)11-14-10(6)9(5)12(15-11)13-8(3)4/h11-12H,5-10H2,1-4H3,(H,17,18,19);3*5-9H,1-4H3,(H,15,16,17);5-9H,1-4H3,(H,14,15,16,17);5-8H,1-4H3,(H,15,16,17);7-8H,1-6H3,(H,13,14,15). The van der Waals surface area contributed by atoms with Crippen LogP contribution in [-0.2, 0) is 12.8 Å². The average Bonchev–Trinajstić information content (AvgIpc) is 0.850. The molecule has 0 saturated carbocycles. The molecule has 12 aromatic rings. The zero-order valence-electron chi connectivity index (χ0n) is 76.9. The molecule has 640 valence electrons. The summed E-state index contributed by atoms with van der Waals surface area (Å²) in [4.78, 5) is 89.2. The van der Waals surface area contributed by atoms with Gasteiger partial charge in [-0.15, -0.1) is 0 Å². The smallest absolute Gasteiger partial charge is 0.164 e. The van der Waals surface area contributed by atoms with Crippen molar-refractivity contribution in [2.75, 3.05) is 37.2 Å². The van der Waals surface area contributed by atoms with Crippen molar-refractivity contribution < 1.29 is 0 Å². The fourth-order valence-electron chi connectivity index (χ4n) is 12.0. The highest BCUT2D eigenvalue weighted by Crippen LogP contribution is 2.31. The number of anilines is 7. The van der Waals surface area contributed by atoms with Gasteiger partial charge in [0.15, 0.2) is 17.3 Å². The Bertz CT molecular complexity index is 4590. The lowest BCUT2D eigenvalue weighted by molar-refractivity contribution is 0.600. The van der Waals surface area contributed by atoms with Gasteiger partial charge in [0.1, 0.15) is 92.7 Å². The van der Waals surface area contributed by atoms with Crippen LogP contribution in [-0.4, -0.2) is 142 Å². The van der Waals surface area contributed by atoms with E-state index in [1.807, 2.05) is 49.5 Å². The van der Waals surface area contributed by atoms with Gasteiger partial charge in [-0.2, -0.15) is 0 Å². The molecule has 12 aromatic heterocycles. The van der Waals surface area contributed by atoms with Gasteiger partial charge in [0.25, 0.3) is 0 Å². The summed E-state index contributed by atoms with van der Waals surface area (Å²) in [6, 6.07) is 14.1. The van der Waals surface area contributed by atoms with E-state index in [0.717, 1.165) is 161 Å². The van der Waals surface area contributed by atoms with Crippen molar-refractivity contribution in [3.05, 3.63) is 149 Å². The van der Waals surface area contributed by atoms with Crippen LogP contribution >= 0.6 is 0 Å². The predicted octanol–water partition coefficient (Wildman–Crippen LogP) is 21.4. The van der Waals surface area contributed by atoms with Crippen LogP contribution in [0.25, 0.3) is 54.9 Å². The topological polar surface area (TPSA) is 342 Å². The predicted molar refractivity (Wildman–Crippen MR) is 494 cm³/mol. The van der Waals surface area contributed by atoms with Crippen molar-refractivity contribution in [1.29, 1.82) is 0 Å². The molecule has 0 fully saturated rings. The van der Waals surface area contributed by atoms with E-state index >= 15 is 0 Å². The lowest BCUT2D eigenvalue weighted by Gasteiger charge is -2.20. The van der Waals surface area contributed by atoms with Crippen molar-refractivity contribution >= 4 is 95.6 Å². The first-order valence-electron chi connectivity index (χ1n) is 42.9. The van der Waals surface area contributed by atoms with Gasteiger partial charge >= 0.3 is 0 Å². The number of hydrogen-bond acceptors (Lipinski definition) is 27. The zero-order valence-corrected chi connectivity index (χ0v) is 76.9. The third kappa shape index (κ3) is 29.3. The Kier molecular flexibility index (Phi) is 36.8. The van der Waals surface area contributed by atoms with Crippen molar-refractivity contribution in [3.8, 4) is 0 Å². The van der Waals surface area contributed by atoms with Gasteiger partial charge in [-0.3, -0.25) is 15.0 Å². The molecule has 0 spiro atoms. The Morgan fingerprint density at radius 1 is 0.269 bits per heavy atom. The Morgan fingerprint density at radius 3 is 1.18 bits per heavy atom. The number of aromatic nitrogens is 20. The second-order valence-electron chi connectivity index (χ2n) is 34.5. The summed E-state index contributed by atoms with van der Waals surface area (Å²) in [5, 5.41) is 26.6. The minimum atomic E-state index is 0.285. The Balaban J connectivity index is 0.000000192. The van der Waals surface area contributed by atoms with Crippen molar-refractivity contribution in [1.82, 2.24) is 99.7 Å². The first-order chi connectivity index (χ1) is 56.4. The lowest BCUT2D eigenvalue weighted by Crippen LogP contribution is -2.18. The minimum absolute atomic E-state index is 0.285. The van der Waals surface area contributed by atoms with Gasteiger partial charge in [0.2, 0.25) is 0 Å². The van der Waals surface area contributed by atoms with E-state index in [-0.39, 0.29) is 5.92 Å². The summed E-state index contributed by atoms with van der Waals surface area (Å²) >= 11 is 0. The summed E-state index contributed by atoms with van der Waals surface area (Å²) in [5.74, 6) is 14.8. The van der Waals surface area contributed by atoms with Crippen molar-refractivity contribution in [3.63, 3.8) is 0 Å². The van der Waals surface area contributed by atoms with Gasteiger partial charge in [-0.05, 0) is 173 Å². The van der Waals surface area contributed by atoms with Crippen LogP contribution < -0.4 is 37.2 Å². The molecule has 12 heterocycles. The SMILES string of the molecule is CC(C)Nc1nc(C(C)C)nc2c1CCCCCC2.CC(C)Nc1nc(C(C)C)nc2cccnc12.CC(C)Nc1nc(C(C)C)nc2ccncc12.CC(C)Nc1nc(C(C)C)nc2cnccc12.CC(C)Nc1nc(C(C)C)nc2cncnc12.CC(C)Nc1nc(C(C)C)nc2ncccc12.Cc1nc(C(C)C)nc(NC(C)C)c1C. The summed E-state index contributed by atoms with van der Waals surface area (Å²) in [6.07, 6.45) is 21.4. The number of nitrogens with one attached hydrogen (secondary N) is 7. The van der Waals surface area contributed by atoms with E-state index < -0.39 is 0 Å². The van der Waals surface area contributed by atoms with Gasteiger partial charge in [0.05, 0.1) is 39.7 Å². The van der Waals surface area contributed by atoms with Crippen LogP contribution in [0.2, 0.25) is 0 Å². The molecular weight excluding hydrogens is 1480 g/mol. The molecule has 27 nitrogen and oxygen atoms in total. The third-order valence-electron chi connectivity index (χ3n) is 18.1. The molecule has 0 amide bonds. The molecule has 0 aliphatic heterocycles. The van der Waals surface area contributed by atoms with Crippen LogP contribution in [0.5, 0.6) is 0 Å². The molecule has 0 aromatic carbocycles. The maximum Gasteiger partial charge on any atom is 0.164 e. The molecule has 0 bridgehead atoms. The van der Waals surface area contributed by atoms with E-state index in [0.29, 0.717) is 77.8 Å². The molecule has 0 saturated heterocycles. The van der Waals surface area contributed by atoms with E-state index in [1.54, 1.807) is 37.2 Å². The average molecular weight is 1620 g/mol. The van der Waals surface area contributed by atoms with Crippen LogP contribution in [0, 0.1) is 13.8 Å². The largest absolute Gasteiger partial charge is 0.368 e. The summed E-state index contributed by atoms with van der Waals surface area (Å²) in [7, 11) is 0. The lowest BCUT2D eigenvalue weighted by atomic mass is 9.97. The maximum absolute atomic E-state index is 4.83. The van der Waals surface area contributed by atoms with Crippen LogP contribution in [0.4, 0.5) is 40.7 Å². The highest BCUT2D eigenvalue weighted by Gasteiger charge is 2.21. The second-order valence-corrected chi connectivity index (χ2v) is 34.5. The quantitative estimate of drug-likeness (QED) is 0.0351. The van der Waals surface area contributed by atoms with Crippen LogP contribution in [0.15, 0.2) is 86.1 Å². The fraction of sp³-hybridized carbons (Fsp3) is 0.543. The second kappa shape index (κ2) is 45.9. The van der Waals surface area contributed by atoms with Crippen molar-refractivity contribution in [2.24, 2.45) is 0 Å². The number of fused-ring (bicyclic) bond motifs is 6. The molecule has 27 heteroatoms. The molecule has 7 N–H and O–H groups in total. The van der Waals surface area contributed by atoms with Crippen molar-refractivity contribution in [2.45, 2.75) is 330 Å². The molecule has 119 heavy (non-hydrogen) atoms. The minimum Gasteiger partial charge on any atom is -0.368 e. The number of nitrogens with zero attached hydrogens (tertiary/aromatic N) is 20. The molecule has 1 aliphatic carbocycles. The monoisotopic (exact) mass is 1620 g/mol. The van der Waals surface area contributed by atoms with Gasteiger partial charge in [0, 0.05) is 143 Å². The summed E-state index contributed by atoms with van der Waals surface area (Å²) in [6.45, 7) is 63.1. The van der Waals surface area contributed by atoms with E-state index in [4.69, 9.17) is 9.97 Å². The molecule has 0 atom stereocenters. The number of aryl methyl sites for hydroxylation is 2. The Hall–Kier alpha value is -10.9. The molecular formula is C92H137N27. The van der Waals surface area contributed by atoms with Crippen LogP contribution in [0.1, 0.15) is 324 Å². The van der Waals surface area contributed by atoms with E-state index in [1.165, 1.54) is 43.3 Å². The first kappa shape index (κ1) is 95.3. The van der Waals surface area contributed by atoms with Crippen LogP contribution in [0.3, 0.4) is 0 Å². The van der Waals surface area contributed by atoms with Gasteiger partial charge in [-0.25, -0.2) is 84.7 Å². The van der Waals surface area contributed by atoms with Gasteiger partial charge in [-0.1, -0.05) is 110 Å². The number of pyridine rings is 4. The number of rotatable bonds is 21. The zero-order chi connectivity index (χ0) is 87.5. The first-order valence-corrected chi connectivity index (χ1v) is 42.9. The fourth-order valence-corrected chi connectivity index (χ4v) is 12.0. The third-order valence-corrected chi connectivity index (χ3v) is 18.1. The van der Waals surface area contributed by atoms with Gasteiger partial charge < -0.3 is 37.2 Å². The molecule has 0 unspecified atom stereocenters. The molecule has 1 aliphatic rings. The molecule has 0 radical (unpaired) electrons. The Labute approximate surface area is 708 Å². The maximum atomic E-state index is 4.83. The highest BCUT2D eigenvalue weighted by molar-refractivity contribution is 5.90. The van der Waals surface area contributed by atoms with E-state index in [2.05, 4.69) is 328 Å². The molecule has 13 rings (SSSR count). The number of hydrogen-bond donors (Lipinski definition) is 7. The Morgan fingerprint density at radius 2 is 0.647 bits per heavy atom. The normalized spacial score (nSPS) is 12.1. The highest BCUT2D eigenvalue weighted by atomic mass is 15.1.